The van der Waals surface area contributed by atoms with Gasteiger partial charge >= 0.3 is 0 Å². The van der Waals surface area contributed by atoms with Gasteiger partial charge in [0, 0.05) is 52.9 Å². The Morgan fingerprint density at radius 3 is 2.52 bits per heavy atom. The van der Waals surface area contributed by atoms with E-state index in [0.29, 0.717) is 17.5 Å². The van der Waals surface area contributed by atoms with Gasteiger partial charge < -0.3 is 15.0 Å². The quantitative estimate of drug-likeness (QED) is 0.539. The Kier molecular flexibility index (Phi) is 7.50. The second-order valence-corrected chi connectivity index (χ2v) is 9.79. The van der Waals surface area contributed by atoms with Crippen molar-refractivity contribution >= 4 is 16.0 Å². The van der Waals surface area contributed by atoms with Gasteiger partial charge in [-0.3, -0.25) is 4.90 Å². The number of likely N-dealkylation sites (tertiary alicyclic amines) is 1. The number of hydrogen-bond acceptors (Lipinski definition) is 5. The SMILES string of the molecule is CCNC(=NCc1ccc(S(=O)(=O)N(C)C)cc1)N1CCC(N2CCOCC2)C1. The van der Waals surface area contributed by atoms with Crippen LogP contribution in [-0.2, 0) is 21.3 Å². The maximum Gasteiger partial charge on any atom is 0.242 e. The summed E-state index contributed by atoms with van der Waals surface area (Å²) in [4.78, 5) is 9.95. The zero-order valence-electron chi connectivity index (χ0n) is 17.7. The molecular formula is C20H33N5O3S. The van der Waals surface area contributed by atoms with Crippen LogP contribution in [0.25, 0.3) is 0 Å². The summed E-state index contributed by atoms with van der Waals surface area (Å²) in [5.74, 6) is 0.924. The van der Waals surface area contributed by atoms with Crippen LogP contribution in [0.15, 0.2) is 34.2 Å². The topological polar surface area (TPSA) is 77.5 Å². The number of morpholine rings is 1. The van der Waals surface area contributed by atoms with Gasteiger partial charge in [-0.1, -0.05) is 12.1 Å². The standard InChI is InChI=1S/C20H33N5O3S/c1-4-21-20(25-10-9-18(16-25)24-11-13-28-14-12-24)22-15-17-5-7-19(8-6-17)29(26,27)23(2)3/h5-8,18H,4,9-16H2,1-3H3,(H,21,22). The summed E-state index contributed by atoms with van der Waals surface area (Å²) in [7, 11) is -0.324. The van der Waals surface area contributed by atoms with Crippen molar-refractivity contribution in [1.82, 2.24) is 19.4 Å². The molecule has 1 atom stereocenters. The van der Waals surface area contributed by atoms with Crippen molar-refractivity contribution in [2.24, 2.45) is 4.99 Å². The molecule has 0 radical (unpaired) electrons. The van der Waals surface area contributed by atoms with Crippen molar-refractivity contribution in [2.45, 2.75) is 30.8 Å². The van der Waals surface area contributed by atoms with E-state index in [1.807, 2.05) is 12.1 Å². The number of rotatable bonds is 6. The lowest BCUT2D eigenvalue weighted by atomic mass is 10.2. The van der Waals surface area contributed by atoms with E-state index in [0.717, 1.165) is 63.9 Å². The second-order valence-electron chi connectivity index (χ2n) is 7.64. The molecule has 1 aromatic rings. The zero-order chi connectivity index (χ0) is 20.9. The molecular weight excluding hydrogens is 390 g/mol. The molecule has 1 N–H and O–H groups in total. The van der Waals surface area contributed by atoms with Crippen LogP contribution in [0.4, 0.5) is 0 Å². The van der Waals surface area contributed by atoms with E-state index in [2.05, 4.69) is 22.0 Å². The number of aliphatic imine (C=N–C) groups is 1. The smallest absolute Gasteiger partial charge is 0.242 e. The van der Waals surface area contributed by atoms with E-state index in [4.69, 9.17) is 9.73 Å². The molecule has 9 heteroatoms. The fourth-order valence-corrected chi connectivity index (χ4v) is 4.65. The lowest BCUT2D eigenvalue weighted by Crippen LogP contribution is -2.46. The summed E-state index contributed by atoms with van der Waals surface area (Å²) in [6.45, 7) is 9.05. The molecule has 0 aliphatic carbocycles. The average molecular weight is 424 g/mol. The molecule has 8 nitrogen and oxygen atoms in total. The highest BCUT2D eigenvalue weighted by Crippen LogP contribution is 2.18. The summed E-state index contributed by atoms with van der Waals surface area (Å²) in [6, 6.07) is 7.53. The van der Waals surface area contributed by atoms with Gasteiger partial charge in [-0.25, -0.2) is 17.7 Å². The minimum absolute atomic E-state index is 0.301. The first-order chi connectivity index (χ1) is 13.9. The van der Waals surface area contributed by atoms with Crippen molar-refractivity contribution in [3.63, 3.8) is 0 Å². The van der Waals surface area contributed by atoms with E-state index >= 15 is 0 Å². The molecule has 3 rings (SSSR count). The molecule has 2 aliphatic rings. The van der Waals surface area contributed by atoms with Crippen LogP contribution in [0.5, 0.6) is 0 Å². The van der Waals surface area contributed by atoms with Gasteiger partial charge in [0.25, 0.3) is 0 Å². The number of sulfonamides is 1. The van der Waals surface area contributed by atoms with Gasteiger partial charge in [0.2, 0.25) is 10.0 Å². The fourth-order valence-electron chi connectivity index (χ4n) is 3.74. The number of guanidine groups is 1. The van der Waals surface area contributed by atoms with E-state index in [1.165, 1.54) is 18.4 Å². The summed E-state index contributed by atoms with van der Waals surface area (Å²) >= 11 is 0. The van der Waals surface area contributed by atoms with Crippen LogP contribution in [0.3, 0.4) is 0 Å². The maximum absolute atomic E-state index is 12.2. The molecule has 1 aromatic carbocycles. The summed E-state index contributed by atoms with van der Waals surface area (Å²) in [6.07, 6.45) is 1.14. The van der Waals surface area contributed by atoms with Gasteiger partial charge in [0.1, 0.15) is 0 Å². The number of benzene rings is 1. The molecule has 0 bridgehead atoms. The van der Waals surface area contributed by atoms with Crippen molar-refractivity contribution in [3.05, 3.63) is 29.8 Å². The first-order valence-electron chi connectivity index (χ1n) is 10.3. The molecule has 2 aliphatic heterocycles. The van der Waals surface area contributed by atoms with Crippen molar-refractivity contribution in [3.8, 4) is 0 Å². The predicted octanol–water partition coefficient (Wildman–Crippen LogP) is 0.809. The number of hydrogen-bond donors (Lipinski definition) is 1. The van der Waals surface area contributed by atoms with Crippen LogP contribution in [0.1, 0.15) is 18.9 Å². The van der Waals surface area contributed by atoms with E-state index in [1.54, 1.807) is 12.1 Å². The second kappa shape index (κ2) is 9.88. The first kappa shape index (κ1) is 22.0. The van der Waals surface area contributed by atoms with Gasteiger partial charge in [0.05, 0.1) is 24.7 Å². The molecule has 2 heterocycles. The lowest BCUT2D eigenvalue weighted by Gasteiger charge is -2.32. The van der Waals surface area contributed by atoms with Crippen LogP contribution < -0.4 is 5.32 Å². The third-order valence-electron chi connectivity index (χ3n) is 5.47. The van der Waals surface area contributed by atoms with E-state index < -0.39 is 10.0 Å². The molecule has 2 saturated heterocycles. The maximum atomic E-state index is 12.2. The Hall–Kier alpha value is -1.68. The van der Waals surface area contributed by atoms with Crippen LogP contribution in [-0.4, -0.2) is 94.6 Å². The molecule has 2 fully saturated rings. The van der Waals surface area contributed by atoms with Gasteiger partial charge in [-0.05, 0) is 31.0 Å². The third kappa shape index (κ3) is 5.48. The summed E-state index contributed by atoms with van der Waals surface area (Å²) in [5, 5.41) is 3.40. The molecule has 0 amide bonds. The molecule has 0 spiro atoms. The van der Waals surface area contributed by atoms with Crippen molar-refractivity contribution < 1.29 is 13.2 Å². The molecule has 1 unspecified atom stereocenters. The number of nitrogens with zero attached hydrogens (tertiary/aromatic N) is 4. The highest BCUT2D eigenvalue weighted by atomic mass is 32.2. The largest absolute Gasteiger partial charge is 0.379 e. The monoisotopic (exact) mass is 423 g/mol. The third-order valence-corrected chi connectivity index (χ3v) is 7.30. The molecule has 29 heavy (non-hydrogen) atoms. The Labute approximate surface area is 174 Å². The number of nitrogens with one attached hydrogen (secondary N) is 1. The predicted molar refractivity (Wildman–Crippen MR) is 115 cm³/mol. The highest BCUT2D eigenvalue weighted by molar-refractivity contribution is 7.89. The van der Waals surface area contributed by atoms with E-state index in [9.17, 15) is 8.42 Å². The Morgan fingerprint density at radius 1 is 1.21 bits per heavy atom. The Balaban J connectivity index is 1.63. The molecule has 0 aromatic heterocycles. The van der Waals surface area contributed by atoms with Crippen LogP contribution in [0, 0.1) is 0 Å². The van der Waals surface area contributed by atoms with Gasteiger partial charge in [-0.2, -0.15) is 0 Å². The molecule has 162 valence electrons. The fraction of sp³-hybridized carbons (Fsp3) is 0.650. The van der Waals surface area contributed by atoms with Crippen molar-refractivity contribution in [1.29, 1.82) is 0 Å². The zero-order valence-corrected chi connectivity index (χ0v) is 18.5. The Bertz CT molecular complexity index is 789. The van der Waals surface area contributed by atoms with Crippen LogP contribution in [0.2, 0.25) is 0 Å². The normalized spacial score (nSPS) is 21.7. The number of ether oxygens (including phenoxy) is 1. The minimum atomic E-state index is -3.40. The van der Waals surface area contributed by atoms with Gasteiger partial charge in [-0.15, -0.1) is 0 Å². The van der Waals surface area contributed by atoms with Crippen molar-refractivity contribution in [2.75, 3.05) is 60.0 Å². The minimum Gasteiger partial charge on any atom is -0.379 e. The highest BCUT2D eigenvalue weighted by Gasteiger charge is 2.30. The van der Waals surface area contributed by atoms with Crippen LogP contribution >= 0.6 is 0 Å². The summed E-state index contributed by atoms with van der Waals surface area (Å²) in [5.41, 5.74) is 0.988. The average Bonchev–Trinajstić information content (AvgIpc) is 3.22. The lowest BCUT2D eigenvalue weighted by molar-refractivity contribution is 0.0195. The molecule has 0 saturated carbocycles. The van der Waals surface area contributed by atoms with E-state index in [-0.39, 0.29) is 0 Å². The Morgan fingerprint density at radius 2 is 1.90 bits per heavy atom. The van der Waals surface area contributed by atoms with Gasteiger partial charge in [0.15, 0.2) is 5.96 Å². The first-order valence-corrected chi connectivity index (χ1v) is 11.7. The summed E-state index contributed by atoms with van der Waals surface area (Å²) < 4.78 is 31.1.